The summed E-state index contributed by atoms with van der Waals surface area (Å²) in [5.74, 6) is 0. The molecular formula is C17H13N3O. The maximum Gasteiger partial charge on any atom is 0.274 e. The Kier molecular flexibility index (Phi) is 3.25. The van der Waals surface area contributed by atoms with Crippen molar-refractivity contribution in [3.05, 3.63) is 75.7 Å². The van der Waals surface area contributed by atoms with Gasteiger partial charge in [-0.1, -0.05) is 24.3 Å². The van der Waals surface area contributed by atoms with Crippen molar-refractivity contribution in [2.45, 2.75) is 13.5 Å². The average Bonchev–Trinajstić information content (AvgIpc) is 2.52. The van der Waals surface area contributed by atoms with E-state index in [0.29, 0.717) is 17.5 Å². The summed E-state index contributed by atoms with van der Waals surface area (Å²) in [5, 5.41) is 14.6. The molecule has 21 heavy (non-hydrogen) atoms. The molecule has 0 aliphatic rings. The summed E-state index contributed by atoms with van der Waals surface area (Å²) in [7, 11) is 0. The van der Waals surface area contributed by atoms with E-state index in [4.69, 9.17) is 5.26 Å². The van der Waals surface area contributed by atoms with Gasteiger partial charge in [0.25, 0.3) is 5.56 Å². The standard InChI is InChI=1S/C17H13N3O/c1-12-8-13(9-18)6-7-15(12)11-20-17(21)16-5-3-2-4-14(16)10-19-20/h2-8,10H,11H2,1H3. The summed E-state index contributed by atoms with van der Waals surface area (Å²) < 4.78 is 1.46. The zero-order valence-electron chi connectivity index (χ0n) is 11.6. The summed E-state index contributed by atoms with van der Waals surface area (Å²) >= 11 is 0. The van der Waals surface area contributed by atoms with Crippen molar-refractivity contribution in [2.75, 3.05) is 0 Å². The monoisotopic (exact) mass is 275 g/mol. The number of hydrogen-bond donors (Lipinski definition) is 0. The first-order chi connectivity index (χ1) is 10.2. The maximum atomic E-state index is 12.4. The van der Waals surface area contributed by atoms with Gasteiger partial charge in [0.05, 0.1) is 29.8 Å². The summed E-state index contributed by atoms with van der Waals surface area (Å²) in [6.45, 7) is 2.34. The Morgan fingerprint density at radius 1 is 1.24 bits per heavy atom. The third kappa shape index (κ3) is 2.41. The fourth-order valence-corrected chi connectivity index (χ4v) is 2.34. The minimum atomic E-state index is -0.100. The van der Waals surface area contributed by atoms with Crippen LogP contribution in [0.5, 0.6) is 0 Å². The summed E-state index contributed by atoms with van der Waals surface area (Å²) in [6, 6.07) is 15.0. The van der Waals surface area contributed by atoms with Crippen molar-refractivity contribution in [3.63, 3.8) is 0 Å². The molecule has 0 radical (unpaired) electrons. The molecule has 0 fully saturated rings. The Hall–Kier alpha value is -2.93. The second kappa shape index (κ2) is 5.22. The van der Waals surface area contributed by atoms with Crippen LogP contribution >= 0.6 is 0 Å². The van der Waals surface area contributed by atoms with Gasteiger partial charge in [-0.2, -0.15) is 10.4 Å². The quantitative estimate of drug-likeness (QED) is 0.722. The summed E-state index contributed by atoms with van der Waals surface area (Å²) in [6.07, 6.45) is 1.70. The van der Waals surface area contributed by atoms with Crippen molar-refractivity contribution in [1.82, 2.24) is 9.78 Å². The highest BCUT2D eigenvalue weighted by molar-refractivity contribution is 5.80. The zero-order valence-corrected chi connectivity index (χ0v) is 11.6. The minimum absolute atomic E-state index is 0.100. The van der Waals surface area contributed by atoms with Gasteiger partial charge in [-0.3, -0.25) is 4.79 Å². The fourth-order valence-electron chi connectivity index (χ4n) is 2.34. The fraction of sp³-hybridized carbons (Fsp3) is 0.118. The second-order valence-corrected chi connectivity index (χ2v) is 4.95. The molecule has 2 aromatic carbocycles. The van der Waals surface area contributed by atoms with Crippen molar-refractivity contribution in [1.29, 1.82) is 5.26 Å². The van der Waals surface area contributed by atoms with Gasteiger partial charge < -0.3 is 0 Å². The van der Waals surface area contributed by atoms with E-state index >= 15 is 0 Å². The van der Waals surface area contributed by atoms with Crippen LogP contribution < -0.4 is 5.56 Å². The predicted molar refractivity (Wildman–Crippen MR) is 81.0 cm³/mol. The molecule has 0 saturated heterocycles. The molecule has 0 saturated carbocycles. The molecule has 3 aromatic rings. The number of rotatable bonds is 2. The van der Waals surface area contributed by atoms with E-state index < -0.39 is 0 Å². The van der Waals surface area contributed by atoms with Crippen LogP contribution in [0.1, 0.15) is 16.7 Å². The molecule has 0 unspecified atom stereocenters. The predicted octanol–water partition coefficient (Wildman–Crippen LogP) is 2.62. The maximum absolute atomic E-state index is 12.4. The molecule has 3 rings (SSSR count). The van der Waals surface area contributed by atoms with Crippen LogP contribution in [0.15, 0.2) is 53.5 Å². The van der Waals surface area contributed by atoms with E-state index in [9.17, 15) is 4.79 Å². The van der Waals surface area contributed by atoms with Gasteiger partial charge in [-0.25, -0.2) is 4.68 Å². The highest BCUT2D eigenvalue weighted by atomic mass is 16.1. The van der Waals surface area contributed by atoms with Crippen LogP contribution in [0.3, 0.4) is 0 Å². The van der Waals surface area contributed by atoms with Gasteiger partial charge in [0.15, 0.2) is 0 Å². The number of aryl methyl sites for hydroxylation is 1. The van der Waals surface area contributed by atoms with E-state index in [1.807, 2.05) is 43.3 Å². The first-order valence-electron chi connectivity index (χ1n) is 6.63. The average molecular weight is 275 g/mol. The third-order valence-electron chi connectivity index (χ3n) is 3.55. The largest absolute Gasteiger partial charge is 0.274 e. The van der Waals surface area contributed by atoms with Gasteiger partial charge in [0, 0.05) is 5.39 Å². The van der Waals surface area contributed by atoms with Crippen LogP contribution in [-0.4, -0.2) is 9.78 Å². The van der Waals surface area contributed by atoms with Crippen LogP contribution in [0.2, 0.25) is 0 Å². The molecule has 1 heterocycles. The van der Waals surface area contributed by atoms with E-state index in [1.165, 1.54) is 4.68 Å². The molecule has 0 amide bonds. The van der Waals surface area contributed by atoms with Crippen molar-refractivity contribution < 1.29 is 0 Å². The molecule has 1 aromatic heterocycles. The molecule has 4 heteroatoms. The normalized spacial score (nSPS) is 10.5. The summed E-state index contributed by atoms with van der Waals surface area (Å²) in [4.78, 5) is 12.4. The minimum Gasteiger partial charge on any atom is -0.267 e. The van der Waals surface area contributed by atoms with Crippen LogP contribution in [0.4, 0.5) is 0 Å². The molecule has 0 N–H and O–H groups in total. The van der Waals surface area contributed by atoms with E-state index in [2.05, 4.69) is 11.2 Å². The number of fused-ring (bicyclic) bond motifs is 1. The second-order valence-electron chi connectivity index (χ2n) is 4.95. The van der Waals surface area contributed by atoms with Gasteiger partial charge >= 0.3 is 0 Å². The van der Waals surface area contributed by atoms with E-state index in [1.54, 1.807) is 12.3 Å². The Bertz CT molecular complexity index is 919. The van der Waals surface area contributed by atoms with Gasteiger partial charge in [0.2, 0.25) is 0 Å². The molecule has 0 aliphatic carbocycles. The highest BCUT2D eigenvalue weighted by Crippen LogP contribution is 2.12. The first kappa shape index (κ1) is 13.1. The number of aromatic nitrogens is 2. The number of benzene rings is 2. The Morgan fingerprint density at radius 3 is 2.81 bits per heavy atom. The molecular weight excluding hydrogens is 262 g/mol. The number of nitrogens with zero attached hydrogens (tertiary/aromatic N) is 3. The van der Waals surface area contributed by atoms with E-state index in [-0.39, 0.29) is 5.56 Å². The molecule has 0 atom stereocenters. The van der Waals surface area contributed by atoms with Gasteiger partial charge in [0.1, 0.15) is 0 Å². The lowest BCUT2D eigenvalue weighted by molar-refractivity contribution is 0.645. The van der Waals surface area contributed by atoms with Gasteiger partial charge in [-0.05, 0) is 36.2 Å². The smallest absolute Gasteiger partial charge is 0.267 e. The molecule has 4 nitrogen and oxygen atoms in total. The lowest BCUT2D eigenvalue weighted by Crippen LogP contribution is -2.23. The Morgan fingerprint density at radius 2 is 2.05 bits per heavy atom. The van der Waals surface area contributed by atoms with Crippen molar-refractivity contribution in [3.8, 4) is 6.07 Å². The molecule has 0 aliphatic heterocycles. The number of nitriles is 1. The van der Waals surface area contributed by atoms with E-state index in [0.717, 1.165) is 16.5 Å². The van der Waals surface area contributed by atoms with Crippen molar-refractivity contribution in [2.24, 2.45) is 0 Å². The SMILES string of the molecule is Cc1cc(C#N)ccc1Cn1ncc2ccccc2c1=O. The molecule has 102 valence electrons. The topological polar surface area (TPSA) is 58.7 Å². The molecule has 0 spiro atoms. The zero-order chi connectivity index (χ0) is 14.8. The van der Waals surface area contributed by atoms with Crippen LogP contribution in [0.25, 0.3) is 10.8 Å². The highest BCUT2D eigenvalue weighted by Gasteiger charge is 2.06. The van der Waals surface area contributed by atoms with Crippen molar-refractivity contribution >= 4 is 10.8 Å². The Balaban J connectivity index is 2.05. The summed E-state index contributed by atoms with van der Waals surface area (Å²) in [5.41, 5.74) is 2.49. The third-order valence-corrected chi connectivity index (χ3v) is 3.55. The van der Waals surface area contributed by atoms with Crippen LogP contribution in [-0.2, 0) is 6.54 Å². The van der Waals surface area contributed by atoms with Gasteiger partial charge in [-0.15, -0.1) is 0 Å². The number of hydrogen-bond acceptors (Lipinski definition) is 3. The van der Waals surface area contributed by atoms with Crippen LogP contribution in [0, 0.1) is 18.3 Å². The lowest BCUT2D eigenvalue weighted by atomic mass is 10.1. The first-order valence-corrected chi connectivity index (χ1v) is 6.63. The molecule has 0 bridgehead atoms. The lowest BCUT2D eigenvalue weighted by Gasteiger charge is -2.09. The Labute approximate surface area is 121 Å².